The topological polar surface area (TPSA) is 47.8 Å². The first-order chi connectivity index (χ1) is 14.8. The maximum Gasteiger partial charge on any atom is 0.248 e. The first-order valence-corrected chi connectivity index (χ1v) is 12.3. The minimum Gasteiger partial charge on any atom is -0.273 e. The second-order valence-corrected chi connectivity index (χ2v) is 8.44. The SMILES string of the molecule is C/C=C/CCCCCCCCCCCCCCCCC(=O)n1nnc2ccccc21. The Morgan fingerprint density at radius 3 is 1.93 bits per heavy atom. The van der Waals surface area contributed by atoms with Crippen molar-refractivity contribution in [3.8, 4) is 0 Å². The number of benzene rings is 1. The van der Waals surface area contributed by atoms with E-state index in [9.17, 15) is 4.79 Å². The van der Waals surface area contributed by atoms with E-state index in [1.165, 1.54) is 88.2 Å². The first kappa shape index (κ1) is 24.3. The van der Waals surface area contributed by atoms with Gasteiger partial charge >= 0.3 is 0 Å². The number of carbonyl (C=O) groups is 1. The molecule has 0 atom stereocenters. The Balaban J connectivity index is 1.36. The molecule has 1 heterocycles. The van der Waals surface area contributed by atoms with E-state index >= 15 is 0 Å². The highest BCUT2D eigenvalue weighted by Crippen LogP contribution is 2.15. The van der Waals surface area contributed by atoms with Gasteiger partial charge < -0.3 is 0 Å². The molecule has 2 rings (SSSR count). The van der Waals surface area contributed by atoms with E-state index in [1.807, 2.05) is 24.3 Å². The quantitative estimate of drug-likeness (QED) is 0.196. The number of nitrogens with zero attached hydrogens (tertiary/aromatic N) is 3. The van der Waals surface area contributed by atoms with E-state index in [0.29, 0.717) is 6.42 Å². The molecule has 0 spiro atoms. The lowest BCUT2D eigenvalue weighted by atomic mass is 10.0. The van der Waals surface area contributed by atoms with Crippen molar-refractivity contribution in [3.05, 3.63) is 36.4 Å². The zero-order valence-electron chi connectivity index (χ0n) is 19.0. The predicted octanol–water partition coefficient (Wildman–Crippen LogP) is 7.89. The summed E-state index contributed by atoms with van der Waals surface area (Å²) in [5.41, 5.74) is 1.60. The molecule has 0 unspecified atom stereocenters. The number of allylic oxidation sites excluding steroid dienone is 2. The van der Waals surface area contributed by atoms with Crippen molar-refractivity contribution in [2.24, 2.45) is 0 Å². The van der Waals surface area contributed by atoms with Crippen LogP contribution in [0.5, 0.6) is 0 Å². The summed E-state index contributed by atoms with van der Waals surface area (Å²) in [5, 5.41) is 8.06. The van der Waals surface area contributed by atoms with E-state index in [-0.39, 0.29) is 5.91 Å². The van der Waals surface area contributed by atoms with Crippen LogP contribution in [0.25, 0.3) is 11.0 Å². The summed E-state index contributed by atoms with van der Waals surface area (Å²) >= 11 is 0. The minimum atomic E-state index is 0.0569. The fraction of sp³-hybridized carbons (Fsp3) is 0.654. The van der Waals surface area contributed by atoms with Gasteiger partial charge in [-0.15, -0.1) is 5.10 Å². The van der Waals surface area contributed by atoms with Crippen LogP contribution >= 0.6 is 0 Å². The van der Waals surface area contributed by atoms with Crippen molar-refractivity contribution in [2.45, 2.75) is 110 Å². The molecule has 2 aromatic rings. The highest BCUT2D eigenvalue weighted by Gasteiger charge is 2.10. The number of rotatable bonds is 17. The minimum absolute atomic E-state index is 0.0569. The van der Waals surface area contributed by atoms with Gasteiger partial charge in [-0.05, 0) is 38.3 Å². The molecule has 0 aliphatic carbocycles. The number of hydrogen-bond acceptors (Lipinski definition) is 3. The molecule has 1 aromatic heterocycles. The Morgan fingerprint density at radius 2 is 1.33 bits per heavy atom. The molecule has 166 valence electrons. The van der Waals surface area contributed by atoms with Crippen LogP contribution in [0.2, 0.25) is 0 Å². The average Bonchev–Trinajstić information content (AvgIpc) is 3.20. The molecule has 0 bridgehead atoms. The normalized spacial score (nSPS) is 11.6. The second-order valence-electron chi connectivity index (χ2n) is 8.44. The molecule has 1 aromatic carbocycles. The van der Waals surface area contributed by atoms with Crippen molar-refractivity contribution in [3.63, 3.8) is 0 Å². The van der Waals surface area contributed by atoms with E-state index in [2.05, 4.69) is 29.4 Å². The Bertz CT molecular complexity index is 735. The van der Waals surface area contributed by atoms with Gasteiger partial charge in [-0.25, -0.2) is 0 Å². The summed E-state index contributed by atoms with van der Waals surface area (Å²) in [5.74, 6) is 0.0569. The largest absolute Gasteiger partial charge is 0.273 e. The fourth-order valence-electron chi connectivity index (χ4n) is 3.99. The van der Waals surface area contributed by atoms with Gasteiger partial charge in [0.15, 0.2) is 0 Å². The number of aromatic nitrogens is 3. The van der Waals surface area contributed by atoms with Crippen LogP contribution in [0.4, 0.5) is 0 Å². The van der Waals surface area contributed by atoms with E-state index in [4.69, 9.17) is 0 Å². The van der Waals surface area contributed by atoms with Crippen LogP contribution in [0, 0.1) is 0 Å². The van der Waals surface area contributed by atoms with Crippen molar-refractivity contribution >= 4 is 16.9 Å². The van der Waals surface area contributed by atoms with E-state index < -0.39 is 0 Å². The molecule has 0 aliphatic rings. The molecule has 0 N–H and O–H groups in total. The van der Waals surface area contributed by atoms with Crippen molar-refractivity contribution in [2.75, 3.05) is 0 Å². The Morgan fingerprint density at radius 1 is 0.800 bits per heavy atom. The molecule has 0 aliphatic heterocycles. The summed E-state index contributed by atoms with van der Waals surface area (Å²) in [6, 6.07) is 7.63. The van der Waals surface area contributed by atoms with Crippen LogP contribution < -0.4 is 0 Å². The molecule has 0 saturated heterocycles. The highest BCUT2D eigenvalue weighted by molar-refractivity contribution is 5.88. The molecule has 0 amide bonds. The fourth-order valence-corrected chi connectivity index (χ4v) is 3.99. The van der Waals surface area contributed by atoms with Gasteiger partial charge in [0.25, 0.3) is 0 Å². The van der Waals surface area contributed by atoms with Crippen LogP contribution in [-0.4, -0.2) is 20.9 Å². The summed E-state index contributed by atoms with van der Waals surface area (Å²) in [4.78, 5) is 12.3. The number of carbonyl (C=O) groups excluding carboxylic acids is 1. The summed E-state index contributed by atoms with van der Waals surface area (Å²) in [7, 11) is 0. The van der Waals surface area contributed by atoms with Gasteiger partial charge in [0.2, 0.25) is 5.91 Å². The third-order valence-corrected chi connectivity index (χ3v) is 5.84. The van der Waals surface area contributed by atoms with Crippen LogP contribution in [0.3, 0.4) is 0 Å². The van der Waals surface area contributed by atoms with Gasteiger partial charge in [-0.1, -0.05) is 107 Å². The van der Waals surface area contributed by atoms with Crippen molar-refractivity contribution in [1.29, 1.82) is 0 Å². The number of hydrogen-bond donors (Lipinski definition) is 0. The Labute approximate surface area is 183 Å². The number of unbranched alkanes of at least 4 members (excludes halogenated alkanes) is 14. The zero-order chi connectivity index (χ0) is 21.3. The van der Waals surface area contributed by atoms with Crippen LogP contribution in [-0.2, 0) is 0 Å². The van der Waals surface area contributed by atoms with Crippen molar-refractivity contribution in [1.82, 2.24) is 15.0 Å². The molecule has 0 fully saturated rings. The van der Waals surface area contributed by atoms with Gasteiger partial charge in [0, 0.05) is 6.42 Å². The molecule has 30 heavy (non-hydrogen) atoms. The smallest absolute Gasteiger partial charge is 0.248 e. The standard InChI is InChI=1S/C26H41N3O/c1-2-3-4-5-6-7-8-9-10-11-12-13-14-15-16-17-18-23-26(30)29-25-22-20-19-21-24(25)27-28-29/h2-3,19-22H,4-18,23H2,1H3/b3-2+. The lowest BCUT2D eigenvalue weighted by molar-refractivity contribution is 0.0886. The van der Waals surface area contributed by atoms with E-state index in [1.54, 1.807) is 0 Å². The Hall–Kier alpha value is -1.97. The number of para-hydroxylation sites is 1. The molecule has 4 heteroatoms. The molecule has 0 saturated carbocycles. The van der Waals surface area contributed by atoms with E-state index in [0.717, 1.165) is 23.9 Å². The summed E-state index contributed by atoms with van der Waals surface area (Å²) < 4.78 is 1.46. The summed E-state index contributed by atoms with van der Waals surface area (Å²) in [6.45, 7) is 2.10. The van der Waals surface area contributed by atoms with Gasteiger partial charge in [-0.2, -0.15) is 4.68 Å². The second kappa shape index (κ2) is 15.8. The molecule has 0 radical (unpaired) electrons. The number of fused-ring (bicyclic) bond motifs is 1. The maximum atomic E-state index is 12.3. The molecular weight excluding hydrogens is 370 g/mol. The first-order valence-electron chi connectivity index (χ1n) is 12.3. The van der Waals surface area contributed by atoms with Gasteiger partial charge in [0.1, 0.15) is 5.52 Å². The zero-order valence-corrected chi connectivity index (χ0v) is 19.0. The molecule has 4 nitrogen and oxygen atoms in total. The summed E-state index contributed by atoms with van der Waals surface area (Å²) in [6.07, 6.45) is 24.8. The van der Waals surface area contributed by atoms with Gasteiger partial charge in [-0.3, -0.25) is 4.79 Å². The van der Waals surface area contributed by atoms with Crippen molar-refractivity contribution < 1.29 is 4.79 Å². The lowest BCUT2D eigenvalue weighted by Gasteiger charge is -2.04. The predicted molar refractivity (Wildman–Crippen MR) is 127 cm³/mol. The lowest BCUT2D eigenvalue weighted by Crippen LogP contribution is -2.12. The maximum absolute atomic E-state index is 12.3. The third kappa shape index (κ3) is 9.69. The third-order valence-electron chi connectivity index (χ3n) is 5.84. The monoisotopic (exact) mass is 411 g/mol. The Kier molecular flexibility index (Phi) is 12.8. The average molecular weight is 412 g/mol. The van der Waals surface area contributed by atoms with Crippen LogP contribution in [0.1, 0.15) is 114 Å². The molecular formula is C26H41N3O. The van der Waals surface area contributed by atoms with Crippen LogP contribution in [0.15, 0.2) is 36.4 Å². The highest BCUT2D eigenvalue weighted by atomic mass is 16.2. The van der Waals surface area contributed by atoms with Gasteiger partial charge in [0.05, 0.1) is 5.52 Å².